The predicted molar refractivity (Wildman–Crippen MR) is 66.2 cm³/mol. The minimum atomic E-state index is -0.992. The molecule has 0 aromatic carbocycles. The summed E-state index contributed by atoms with van der Waals surface area (Å²) >= 11 is 3.29. The highest BCUT2D eigenvalue weighted by Gasteiger charge is 1.96. The number of aromatic nitrogens is 1. The van der Waals surface area contributed by atoms with Gasteiger partial charge in [0.15, 0.2) is 0 Å². The van der Waals surface area contributed by atoms with Gasteiger partial charge in [-0.05, 0) is 47.5 Å². The number of pyridine rings is 1. The van der Waals surface area contributed by atoms with Crippen molar-refractivity contribution in [1.82, 2.24) is 10.3 Å². The number of carbonyl (C=O) groups is 1. The van der Waals surface area contributed by atoms with Gasteiger partial charge in [-0.1, -0.05) is 11.6 Å². The van der Waals surface area contributed by atoms with Gasteiger partial charge >= 0.3 is 6.09 Å². The van der Waals surface area contributed by atoms with Crippen LogP contribution in [0.2, 0.25) is 0 Å². The second-order valence-corrected chi connectivity index (χ2v) is 4.17. The zero-order valence-electron chi connectivity index (χ0n) is 8.90. The third kappa shape index (κ3) is 4.93. The van der Waals surface area contributed by atoms with Gasteiger partial charge in [-0.25, -0.2) is 9.78 Å². The van der Waals surface area contributed by atoms with E-state index in [1.54, 1.807) is 0 Å². The number of amides is 1. The van der Waals surface area contributed by atoms with Crippen LogP contribution >= 0.6 is 15.9 Å². The average molecular weight is 285 g/mol. The molecule has 1 heterocycles. The minimum Gasteiger partial charge on any atom is -0.465 e. The van der Waals surface area contributed by atoms with E-state index in [9.17, 15) is 4.79 Å². The van der Waals surface area contributed by atoms with Crippen molar-refractivity contribution in [2.24, 2.45) is 0 Å². The molecule has 1 aromatic rings. The first-order valence-electron chi connectivity index (χ1n) is 4.84. The third-order valence-electron chi connectivity index (χ3n) is 1.93. The summed E-state index contributed by atoms with van der Waals surface area (Å²) in [4.78, 5) is 14.5. The molecule has 2 N–H and O–H groups in total. The Labute approximate surface area is 103 Å². The van der Waals surface area contributed by atoms with E-state index >= 15 is 0 Å². The summed E-state index contributed by atoms with van der Waals surface area (Å²) in [5.41, 5.74) is 1.95. The van der Waals surface area contributed by atoms with Crippen molar-refractivity contribution in [2.45, 2.75) is 13.3 Å². The van der Waals surface area contributed by atoms with Crippen LogP contribution in [0.25, 0.3) is 6.08 Å². The van der Waals surface area contributed by atoms with Crippen LogP contribution in [0.15, 0.2) is 28.4 Å². The molecule has 1 rings (SSSR count). The van der Waals surface area contributed by atoms with E-state index in [1.807, 2.05) is 31.2 Å². The first kappa shape index (κ1) is 12.7. The van der Waals surface area contributed by atoms with Gasteiger partial charge in [-0.2, -0.15) is 0 Å². The highest BCUT2D eigenvalue weighted by molar-refractivity contribution is 9.10. The Morgan fingerprint density at radius 1 is 1.62 bits per heavy atom. The molecule has 1 aromatic heterocycles. The smallest absolute Gasteiger partial charge is 0.404 e. The molecule has 0 aliphatic rings. The van der Waals surface area contributed by atoms with Crippen LogP contribution in [0.3, 0.4) is 0 Å². The number of nitrogens with one attached hydrogen (secondary N) is 1. The van der Waals surface area contributed by atoms with Crippen molar-refractivity contribution >= 4 is 28.1 Å². The Bertz CT molecular complexity index is 405. The Hall–Kier alpha value is -1.36. The zero-order valence-corrected chi connectivity index (χ0v) is 10.5. The minimum absolute atomic E-state index is 0.422. The first-order chi connectivity index (χ1) is 7.58. The fourth-order valence-corrected chi connectivity index (χ4v) is 1.55. The van der Waals surface area contributed by atoms with Gasteiger partial charge in [0.1, 0.15) is 4.60 Å². The Kier molecular flexibility index (Phi) is 4.98. The van der Waals surface area contributed by atoms with E-state index in [2.05, 4.69) is 26.2 Å². The van der Waals surface area contributed by atoms with E-state index in [0.29, 0.717) is 13.0 Å². The lowest BCUT2D eigenvalue weighted by atomic mass is 10.2. The quantitative estimate of drug-likeness (QED) is 0.836. The Balaban J connectivity index is 2.52. The summed E-state index contributed by atoms with van der Waals surface area (Å²) in [5.74, 6) is 0. The molecule has 0 saturated heterocycles. The predicted octanol–water partition coefficient (Wildman–Crippen LogP) is 2.91. The van der Waals surface area contributed by atoms with E-state index in [0.717, 1.165) is 15.9 Å². The monoisotopic (exact) mass is 284 g/mol. The molecule has 1 amide bonds. The summed E-state index contributed by atoms with van der Waals surface area (Å²) in [6, 6.07) is 5.67. The van der Waals surface area contributed by atoms with Crippen molar-refractivity contribution in [1.29, 1.82) is 0 Å². The lowest BCUT2D eigenvalue weighted by molar-refractivity contribution is 0.194. The number of hydrogen-bond donors (Lipinski definition) is 2. The van der Waals surface area contributed by atoms with Crippen molar-refractivity contribution in [2.75, 3.05) is 6.54 Å². The summed E-state index contributed by atoms with van der Waals surface area (Å²) in [5, 5.41) is 10.7. The van der Waals surface area contributed by atoms with Gasteiger partial charge in [0.05, 0.1) is 5.69 Å². The van der Waals surface area contributed by atoms with Gasteiger partial charge in [-0.15, -0.1) is 0 Å². The largest absolute Gasteiger partial charge is 0.465 e. The lowest BCUT2D eigenvalue weighted by Crippen LogP contribution is -2.21. The molecule has 0 spiro atoms. The molecule has 0 fully saturated rings. The third-order valence-corrected chi connectivity index (χ3v) is 2.37. The zero-order chi connectivity index (χ0) is 12.0. The van der Waals surface area contributed by atoms with Crippen LogP contribution in [0.5, 0.6) is 0 Å². The van der Waals surface area contributed by atoms with Gasteiger partial charge < -0.3 is 10.4 Å². The van der Waals surface area contributed by atoms with Crippen molar-refractivity contribution < 1.29 is 9.90 Å². The number of carboxylic acid groups (broad SMARTS) is 1. The summed E-state index contributed by atoms with van der Waals surface area (Å²) in [7, 11) is 0. The highest BCUT2D eigenvalue weighted by Crippen LogP contribution is 2.10. The van der Waals surface area contributed by atoms with Crippen LogP contribution in [-0.2, 0) is 0 Å². The normalized spacial score (nSPS) is 11.2. The molecular weight excluding hydrogens is 272 g/mol. The molecular formula is C11H13BrN2O2. The second kappa shape index (κ2) is 6.27. The lowest BCUT2D eigenvalue weighted by Gasteiger charge is -2.02. The topological polar surface area (TPSA) is 62.2 Å². The van der Waals surface area contributed by atoms with Crippen molar-refractivity contribution in [3.8, 4) is 0 Å². The molecule has 86 valence electrons. The van der Waals surface area contributed by atoms with Gasteiger partial charge in [-0.3, -0.25) is 0 Å². The van der Waals surface area contributed by atoms with Crippen LogP contribution < -0.4 is 5.32 Å². The number of halogens is 1. The van der Waals surface area contributed by atoms with Crippen LogP contribution in [-0.4, -0.2) is 22.7 Å². The maximum absolute atomic E-state index is 10.2. The molecule has 0 bridgehead atoms. The summed E-state index contributed by atoms with van der Waals surface area (Å²) in [6.45, 7) is 2.37. The second-order valence-electron chi connectivity index (χ2n) is 3.36. The molecule has 0 atom stereocenters. The van der Waals surface area contributed by atoms with E-state index in [1.165, 1.54) is 0 Å². The van der Waals surface area contributed by atoms with Gasteiger partial charge in [0.2, 0.25) is 0 Å². The SMILES string of the molecule is CC(=Cc1cccc(Br)n1)CCNC(=O)O. The number of hydrogen-bond acceptors (Lipinski definition) is 2. The van der Waals surface area contributed by atoms with E-state index < -0.39 is 6.09 Å². The summed E-state index contributed by atoms with van der Waals surface area (Å²) in [6.07, 6.45) is 1.63. The average Bonchev–Trinajstić information content (AvgIpc) is 2.16. The molecule has 0 radical (unpaired) electrons. The summed E-state index contributed by atoms with van der Waals surface area (Å²) < 4.78 is 0.790. The molecule has 0 unspecified atom stereocenters. The van der Waals surface area contributed by atoms with Crippen LogP contribution in [0.1, 0.15) is 19.0 Å². The van der Waals surface area contributed by atoms with Gasteiger partial charge in [0.25, 0.3) is 0 Å². The van der Waals surface area contributed by atoms with Crippen LogP contribution in [0.4, 0.5) is 4.79 Å². The molecule has 0 saturated carbocycles. The standard InChI is InChI=1S/C11H13BrN2O2/c1-8(5-6-13-11(15)16)7-9-3-2-4-10(12)14-9/h2-4,7,13H,5-6H2,1H3,(H,15,16). The molecule has 5 heteroatoms. The van der Waals surface area contributed by atoms with Crippen molar-refractivity contribution in [3.05, 3.63) is 34.1 Å². The van der Waals surface area contributed by atoms with E-state index in [-0.39, 0.29) is 0 Å². The molecule has 16 heavy (non-hydrogen) atoms. The number of rotatable bonds is 4. The van der Waals surface area contributed by atoms with E-state index in [4.69, 9.17) is 5.11 Å². The van der Waals surface area contributed by atoms with Gasteiger partial charge in [0, 0.05) is 6.54 Å². The molecule has 0 aliphatic heterocycles. The Morgan fingerprint density at radius 3 is 3.00 bits per heavy atom. The first-order valence-corrected chi connectivity index (χ1v) is 5.64. The number of nitrogens with zero attached hydrogens (tertiary/aromatic N) is 1. The fourth-order valence-electron chi connectivity index (χ4n) is 1.20. The van der Waals surface area contributed by atoms with Crippen LogP contribution in [0, 0.1) is 0 Å². The van der Waals surface area contributed by atoms with Crippen molar-refractivity contribution in [3.63, 3.8) is 0 Å². The molecule has 4 nitrogen and oxygen atoms in total. The Morgan fingerprint density at radius 2 is 2.38 bits per heavy atom. The fraction of sp³-hybridized carbons (Fsp3) is 0.273. The molecule has 0 aliphatic carbocycles. The maximum Gasteiger partial charge on any atom is 0.404 e. The maximum atomic E-state index is 10.2. The highest BCUT2D eigenvalue weighted by atomic mass is 79.9.